The molecule has 2 aromatic heterocycles. The minimum atomic E-state index is 0.259. The first kappa shape index (κ1) is 15.4. The normalized spacial score (nSPS) is 31.2. The molecule has 4 saturated carbocycles. The molecule has 4 aliphatic carbocycles. The van der Waals surface area contributed by atoms with Crippen molar-refractivity contribution in [2.45, 2.75) is 44.1 Å². The van der Waals surface area contributed by atoms with Gasteiger partial charge in [0, 0.05) is 21.8 Å². The molecule has 4 aromatic rings. The summed E-state index contributed by atoms with van der Waals surface area (Å²) in [6.07, 6.45) is 8.39. The molecule has 4 bridgehead atoms. The molecule has 8 rings (SSSR count). The van der Waals surface area contributed by atoms with Crippen molar-refractivity contribution >= 4 is 38.5 Å². The van der Waals surface area contributed by atoms with E-state index >= 15 is 0 Å². The summed E-state index contributed by atoms with van der Waals surface area (Å²) in [5, 5.41) is 7.83. The molecule has 0 amide bonds. The summed E-state index contributed by atoms with van der Waals surface area (Å²) in [5.74, 6) is 3.88. The van der Waals surface area contributed by atoms with Crippen molar-refractivity contribution in [3.63, 3.8) is 0 Å². The molecule has 28 heavy (non-hydrogen) atoms. The van der Waals surface area contributed by atoms with E-state index in [0.29, 0.717) is 0 Å². The summed E-state index contributed by atoms with van der Waals surface area (Å²) in [6, 6.07) is 17.2. The third-order valence-electron chi connectivity index (χ3n) is 7.77. The van der Waals surface area contributed by atoms with Crippen LogP contribution in [0.2, 0.25) is 0 Å². The first-order chi connectivity index (χ1) is 13.8. The fraction of sp³-hybridized carbons (Fsp3) is 0.400. The lowest BCUT2D eigenvalue weighted by atomic mass is 9.53. The molecule has 0 saturated heterocycles. The highest BCUT2D eigenvalue weighted by molar-refractivity contribution is 6.20. The molecule has 3 nitrogen and oxygen atoms in total. The Morgan fingerprint density at radius 3 is 2.21 bits per heavy atom. The highest BCUT2D eigenvalue weighted by Crippen LogP contribution is 2.57. The molecule has 3 heteroatoms. The third-order valence-corrected chi connectivity index (χ3v) is 7.77. The Labute approximate surface area is 164 Å². The zero-order valence-corrected chi connectivity index (χ0v) is 16.0. The van der Waals surface area contributed by atoms with Crippen LogP contribution in [0.15, 0.2) is 48.5 Å². The molecular weight excluding hydrogens is 342 g/mol. The summed E-state index contributed by atoms with van der Waals surface area (Å²) in [6.45, 7) is 0. The van der Waals surface area contributed by atoms with E-state index in [9.17, 15) is 0 Å². The zero-order chi connectivity index (χ0) is 18.3. The van der Waals surface area contributed by atoms with Crippen molar-refractivity contribution in [3.05, 3.63) is 48.5 Å². The van der Waals surface area contributed by atoms with Crippen molar-refractivity contribution in [1.29, 1.82) is 0 Å². The van der Waals surface area contributed by atoms with Gasteiger partial charge in [0.15, 0.2) is 0 Å². The molecule has 4 fully saturated rings. The number of para-hydroxylation sites is 2. The van der Waals surface area contributed by atoms with Gasteiger partial charge in [-0.1, -0.05) is 36.4 Å². The van der Waals surface area contributed by atoms with Gasteiger partial charge in [-0.05, 0) is 68.4 Å². The molecule has 0 spiro atoms. The van der Waals surface area contributed by atoms with Gasteiger partial charge in [-0.25, -0.2) is 4.98 Å². The second-order valence-electron chi connectivity index (χ2n) is 9.72. The Hall–Kier alpha value is -2.55. The predicted molar refractivity (Wildman–Crippen MR) is 116 cm³/mol. The lowest BCUT2D eigenvalue weighted by Crippen LogP contribution is -2.54. The van der Waals surface area contributed by atoms with E-state index in [1.807, 2.05) is 0 Å². The predicted octanol–water partition coefficient (Wildman–Crippen LogP) is 6.25. The Kier molecular flexibility index (Phi) is 2.90. The van der Waals surface area contributed by atoms with Crippen molar-refractivity contribution in [2.75, 3.05) is 5.32 Å². The van der Waals surface area contributed by atoms with E-state index in [2.05, 4.69) is 58.8 Å². The summed E-state index contributed by atoms with van der Waals surface area (Å²) in [4.78, 5) is 8.86. The zero-order valence-electron chi connectivity index (χ0n) is 16.0. The van der Waals surface area contributed by atoms with Crippen LogP contribution in [0.4, 0.5) is 5.82 Å². The fourth-order valence-electron chi connectivity index (χ4n) is 7.15. The van der Waals surface area contributed by atoms with Crippen LogP contribution in [-0.2, 0) is 0 Å². The summed E-state index contributed by atoms with van der Waals surface area (Å²) in [7, 11) is 0. The van der Waals surface area contributed by atoms with E-state index in [4.69, 9.17) is 4.98 Å². The van der Waals surface area contributed by atoms with Gasteiger partial charge in [0.05, 0.1) is 16.4 Å². The van der Waals surface area contributed by atoms with Crippen molar-refractivity contribution in [2.24, 2.45) is 17.8 Å². The van der Waals surface area contributed by atoms with Crippen molar-refractivity contribution < 1.29 is 0 Å². The van der Waals surface area contributed by atoms with Gasteiger partial charge in [0.1, 0.15) is 5.82 Å². The molecule has 0 atom stereocenters. The maximum absolute atomic E-state index is 5.17. The van der Waals surface area contributed by atoms with Crippen LogP contribution in [0.3, 0.4) is 0 Å². The number of nitrogens with one attached hydrogen (secondary N) is 2. The van der Waals surface area contributed by atoms with Crippen LogP contribution in [0.25, 0.3) is 32.7 Å². The van der Waals surface area contributed by atoms with Gasteiger partial charge in [0.25, 0.3) is 0 Å². The monoisotopic (exact) mass is 367 g/mol. The minimum absolute atomic E-state index is 0.259. The van der Waals surface area contributed by atoms with Crippen LogP contribution >= 0.6 is 0 Å². The number of aromatic nitrogens is 2. The van der Waals surface area contributed by atoms with Gasteiger partial charge < -0.3 is 10.3 Å². The molecule has 0 radical (unpaired) electrons. The lowest BCUT2D eigenvalue weighted by Gasteiger charge is -2.57. The summed E-state index contributed by atoms with van der Waals surface area (Å²) in [5.41, 5.74) is 3.76. The SMILES string of the molecule is c1ccc2c(c1)nc(NC13CC4CC(CC(C4)C1)C3)c1c3ccccc3[nH]c21. The Balaban J connectivity index is 1.47. The standard InChI is InChI=1S/C25H25N3/c1-3-7-20-18(5-1)22-23(26-20)19-6-2-4-8-21(19)27-24(22)28-25-12-15-9-16(13-25)11-17(10-15)14-25/h1-8,15-17,26H,9-14H2,(H,27,28). The minimum Gasteiger partial charge on any atom is -0.364 e. The Morgan fingerprint density at radius 1 is 0.821 bits per heavy atom. The average molecular weight is 367 g/mol. The van der Waals surface area contributed by atoms with Gasteiger partial charge in [0.2, 0.25) is 0 Å². The highest BCUT2D eigenvalue weighted by Gasteiger charge is 2.51. The number of anilines is 1. The number of fused-ring (bicyclic) bond motifs is 5. The van der Waals surface area contributed by atoms with Crippen molar-refractivity contribution in [1.82, 2.24) is 9.97 Å². The molecule has 2 aromatic carbocycles. The van der Waals surface area contributed by atoms with Crippen LogP contribution in [-0.4, -0.2) is 15.5 Å². The molecule has 140 valence electrons. The van der Waals surface area contributed by atoms with Crippen LogP contribution in [0.5, 0.6) is 0 Å². The lowest BCUT2D eigenvalue weighted by molar-refractivity contribution is 0.0106. The smallest absolute Gasteiger partial charge is 0.137 e. The van der Waals surface area contributed by atoms with Crippen LogP contribution in [0.1, 0.15) is 38.5 Å². The number of H-pyrrole nitrogens is 1. The quantitative estimate of drug-likeness (QED) is 0.439. The largest absolute Gasteiger partial charge is 0.364 e. The van der Waals surface area contributed by atoms with E-state index in [1.54, 1.807) is 0 Å². The Morgan fingerprint density at radius 2 is 1.46 bits per heavy atom. The van der Waals surface area contributed by atoms with E-state index in [0.717, 1.165) is 29.1 Å². The van der Waals surface area contributed by atoms with Gasteiger partial charge in [-0.2, -0.15) is 0 Å². The first-order valence-corrected chi connectivity index (χ1v) is 10.8. The molecule has 0 aliphatic heterocycles. The molecule has 0 unspecified atom stereocenters. The second-order valence-corrected chi connectivity index (χ2v) is 9.72. The van der Waals surface area contributed by atoms with Crippen molar-refractivity contribution in [3.8, 4) is 0 Å². The van der Waals surface area contributed by atoms with Gasteiger partial charge in [-0.3, -0.25) is 0 Å². The number of rotatable bonds is 2. The number of pyridine rings is 1. The van der Waals surface area contributed by atoms with Gasteiger partial charge in [-0.15, -0.1) is 0 Å². The Bertz CT molecular complexity index is 1200. The highest BCUT2D eigenvalue weighted by atomic mass is 15.1. The number of nitrogens with zero attached hydrogens (tertiary/aromatic N) is 1. The molecular formula is C25H25N3. The van der Waals surface area contributed by atoms with Crippen LogP contribution < -0.4 is 5.32 Å². The maximum atomic E-state index is 5.17. The average Bonchev–Trinajstić information content (AvgIpc) is 3.07. The third kappa shape index (κ3) is 2.08. The van der Waals surface area contributed by atoms with Crippen LogP contribution in [0, 0.1) is 17.8 Å². The molecule has 2 N–H and O–H groups in total. The topological polar surface area (TPSA) is 40.7 Å². The maximum Gasteiger partial charge on any atom is 0.137 e. The summed E-state index contributed by atoms with van der Waals surface area (Å²) >= 11 is 0. The fourth-order valence-corrected chi connectivity index (χ4v) is 7.15. The number of benzene rings is 2. The van der Waals surface area contributed by atoms with E-state index in [1.165, 1.54) is 65.7 Å². The van der Waals surface area contributed by atoms with E-state index < -0.39 is 0 Å². The summed E-state index contributed by atoms with van der Waals surface area (Å²) < 4.78 is 0. The first-order valence-electron chi connectivity index (χ1n) is 10.8. The number of aromatic amines is 1. The number of hydrogen-bond donors (Lipinski definition) is 2. The number of hydrogen-bond acceptors (Lipinski definition) is 2. The molecule has 2 heterocycles. The second kappa shape index (κ2) is 5.28. The van der Waals surface area contributed by atoms with Gasteiger partial charge >= 0.3 is 0 Å². The van der Waals surface area contributed by atoms with E-state index in [-0.39, 0.29) is 5.54 Å². The molecule has 4 aliphatic rings.